The number of amides is 1. The molecule has 3 rings (SSSR count). The molecule has 33 heavy (non-hydrogen) atoms. The number of ketones is 1. The zero-order chi connectivity index (χ0) is 24.1. The van der Waals surface area contributed by atoms with Gasteiger partial charge < -0.3 is 19.6 Å². The lowest BCUT2D eigenvalue weighted by molar-refractivity contribution is -0.129. The van der Waals surface area contributed by atoms with Gasteiger partial charge in [0.15, 0.2) is 5.76 Å². The van der Waals surface area contributed by atoms with Crippen molar-refractivity contribution in [2.45, 2.75) is 46.1 Å². The number of hydrogen-bond acceptors (Lipinski definition) is 7. The molecule has 0 radical (unpaired) electrons. The summed E-state index contributed by atoms with van der Waals surface area (Å²) in [7, 11) is 3.94. The van der Waals surface area contributed by atoms with Crippen LogP contribution in [0.3, 0.4) is 0 Å². The van der Waals surface area contributed by atoms with Gasteiger partial charge in [-0.05, 0) is 65.0 Å². The molecule has 0 fully saturated rings. The monoisotopic (exact) mass is 471 g/mol. The standard InChI is InChI=1S/C25H33N3O4S/c1-6-7-14-32-19-11-8-10-18(15-19)21-20(22(29)24-16(2)26-17(3)33-24)23(30)25(31)28(21)13-9-12-27(4)5/h8,10-11,15,21,30H,6-7,9,12-14H2,1-5H3. The fourth-order valence-electron chi connectivity index (χ4n) is 3.99. The summed E-state index contributed by atoms with van der Waals surface area (Å²) >= 11 is 1.28. The van der Waals surface area contributed by atoms with Crippen LogP contribution in [0.4, 0.5) is 0 Å². The molecule has 1 aromatic heterocycles. The first-order valence-corrected chi connectivity index (χ1v) is 12.2. The van der Waals surface area contributed by atoms with Gasteiger partial charge in [-0.3, -0.25) is 9.59 Å². The van der Waals surface area contributed by atoms with Crippen LogP contribution in [0.1, 0.15) is 58.2 Å². The lowest BCUT2D eigenvalue weighted by Crippen LogP contribution is -2.33. The van der Waals surface area contributed by atoms with E-state index in [0.29, 0.717) is 29.5 Å². The maximum Gasteiger partial charge on any atom is 0.290 e. The summed E-state index contributed by atoms with van der Waals surface area (Å²) in [6.07, 6.45) is 2.69. The minimum atomic E-state index is -0.677. The van der Waals surface area contributed by atoms with Crippen LogP contribution >= 0.6 is 11.3 Å². The zero-order valence-corrected chi connectivity index (χ0v) is 20.9. The summed E-state index contributed by atoms with van der Waals surface area (Å²) < 4.78 is 5.87. The molecule has 7 nitrogen and oxygen atoms in total. The molecule has 1 aliphatic heterocycles. The van der Waals surface area contributed by atoms with Crippen LogP contribution in [-0.4, -0.2) is 65.4 Å². The van der Waals surface area contributed by atoms with Crippen LogP contribution in [0.5, 0.6) is 5.75 Å². The van der Waals surface area contributed by atoms with Gasteiger partial charge in [0.2, 0.25) is 5.78 Å². The van der Waals surface area contributed by atoms with Gasteiger partial charge in [-0.2, -0.15) is 0 Å². The average Bonchev–Trinajstić information content (AvgIpc) is 3.24. The molecule has 8 heteroatoms. The molecule has 1 atom stereocenters. The number of aryl methyl sites for hydroxylation is 2. The third-order valence-electron chi connectivity index (χ3n) is 5.60. The van der Waals surface area contributed by atoms with Crippen molar-refractivity contribution < 1.29 is 19.4 Å². The van der Waals surface area contributed by atoms with Gasteiger partial charge in [-0.25, -0.2) is 4.98 Å². The lowest BCUT2D eigenvalue weighted by Gasteiger charge is -2.27. The molecule has 2 aromatic rings. The van der Waals surface area contributed by atoms with Crippen molar-refractivity contribution in [1.29, 1.82) is 0 Å². The van der Waals surface area contributed by atoms with E-state index in [4.69, 9.17) is 4.74 Å². The highest BCUT2D eigenvalue weighted by Crippen LogP contribution is 2.41. The molecule has 1 aromatic carbocycles. The predicted molar refractivity (Wildman–Crippen MR) is 130 cm³/mol. The van der Waals surface area contributed by atoms with E-state index in [1.165, 1.54) is 11.3 Å². The third-order valence-corrected chi connectivity index (χ3v) is 6.67. The number of Topliss-reactive ketones (excluding diaryl/α,β-unsaturated/α-hetero) is 1. The van der Waals surface area contributed by atoms with E-state index in [1.807, 2.05) is 50.2 Å². The lowest BCUT2D eigenvalue weighted by atomic mass is 9.95. The molecule has 1 aliphatic rings. The second kappa shape index (κ2) is 10.9. The first-order chi connectivity index (χ1) is 15.7. The van der Waals surface area contributed by atoms with Crippen molar-refractivity contribution in [3.63, 3.8) is 0 Å². The number of unbranched alkanes of at least 4 members (excludes halogenated alkanes) is 1. The van der Waals surface area contributed by atoms with Gasteiger partial charge >= 0.3 is 0 Å². The summed E-state index contributed by atoms with van der Waals surface area (Å²) in [5.41, 5.74) is 1.47. The molecule has 0 bridgehead atoms. The van der Waals surface area contributed by atoms with E-state index in [9.17, 15) is 14.7 Å². The Hall–Kier alpha value is -2.71. The minimum absolute atomic E-state index is 0.113. The Kier molecular flexibility index (Phi) is 8.26. The maximum atomic E-state index is 13.6. The van der Waals surface area contributed by atoms with Crippen molar-refractivity contribution in [3.05, 3.63) is 56.7 Å². The van der Waals surface area contributed by atoms with E-state index < -0.39 is 17.7 Å². The molecule has 2 heterocycles. The van der Waals surface area contributed by atoms with Crippen LogP contribution in [0.2, 0.25) is 0 Å². The molecule has 0 saturated carbocycles. The highest BCUT2D eigenvalue weighted by Gasteiger charge is 2.44. The number of hydrogen-bond donors (Lipinski definition) is 1. The number of ether oxygens (including phenoxy) is 1. The van der Waals surface area contributed by atoms with Crippen molar-refractivity contribution in [3.8, 4) is 5.75 Å². The first-order valence-electron chi connectivity index (χ1n) is 11.3. The number of aromatic nitrogens is 1. The predicted octanol–water partition coefficient (Wildman–Crippen LogP) is 4.47. The average molecular weight is 472 g/mol. The number of carbonyl (C=O) groups excluding carboxylic acids is 2. The highest BCUT2D eigenvalue weighted by molar-refractivity contribution is 7.14. The fraction of sp³-hybridized carbons (Fsp3) is 0.480. The molecule has 1 unspecified atom stereocenters. The van der Waals surface area contributed by atoms with E-state index in [1.54, 1.807) is 11.8 Å². The molecule has 1 N–H and O–H groups in total. The van der Waals surface area contributed by atoms with Gasteiger partial charge in [-0.15, -0.1) is 11.3 Å². The maximum absolute atomic E-state index is 13.6. The number of carbonyl (C=O) groups is 2. The SMILES string of the molecule is CCCCOc1cccc(C2C(C(=O)c3sc(C)nc3C)=C(O)C(=O)N2CCCN(C)C)c1. The van der Waals surface area contributed by atoms with Crippen molar-refractivity contribution >= 4 is 23.0 Å². The van der Waals surface area contributed by atoms with Gasteiger partial charge in [0.05, 0.1) is 33.8 Å². The molecule has 1 amide bonds. The van der Waals surface area contributed by atoms with Gasteiger partial charge in [0.25, 0.3) is 5.91 Å². The summed E-state index contributed by atoms with van der Waals surface area (Å²) in [5, 5.41) is 11.6. The van der Waals surface area contributed by atoms with E-state index in [2.05, 4.69) is 11.9 Å². The number of rotatable bonds is 11. The highest BCUT2D eigenvalue weighted by atomic mass is 32.1. The smallest absolute Gasteiger partial charge is 0.290 e. The summed E-state index contributed by atoms with van der Waals surface area (Å²) in [6, 6.07) is 6.79. The number of thiazole rings is 1. The molecule has 0 saturated heterocycles. The number of aliphatic hydroxyl groups excluding tert-OH is 1. The van der Waals surface area contributed by atoms with Crippen LogP contribution in [0.25, 0.3) is 0 Å². The minimum Gasteiger partial charge on any atom is -0.503 e. The van der Waals surface area contributed by atoms with Crippen molar-refractivity contribution in [1.82, 2.24) is 14.8 Å². The Balaban J connectivity index is 2.01. The van der Waals surface area contributed by atoms with Gasteiger partial charge in [0, 0.05) is 6.54 Å². The number of benzene rings is 1. The molecule has 0 spiro atoms. The Morgan fingerprint density at radius 2 is 2.03 bits per heavy atom. The molecule has 178 valence electrons. The van der Waals surface area contributed by atoms with Crippen molar-refractivity contribution in [2.75, 3.05) is 33.8 Å². The normalized spacial score (nSPS) is 16.2. The van der Waals surface area contributed by atoms with E-state index >= 15 is 0 Å². The fourth-order valence-corrected chi connectivity index (χ4v) is 4.87. The van der Waals surface area contributed by atoms with Crippen LogP contribution in [-0.2, 0) is 4.79 Å². The Morgan fingerprint density at radius 1 is 1.27 bits per heavy atom. The van der Waals surface area contributed by atoms with E-state index in [0.717, 1.165) is 36.4 Å². The van der Waals surface area contributed by atoms with Gasteiger partial charge in [-0.1, -0.05) is 25.5 Å². The first kappa shape index (κ1) is 24.9. The summed E-state index contributed by atoms with van der Waals surface area (Å²) in [5.74, 6) is -0.651. The number of nitrogens with zero attached hydrogens (tertiary/aromatic N) is 3. The van der Waals surface area contributed by atoms with Crippen molar-refractivity contribution in [2.24, 2.45) is 0 Å². The molecular weight excluding hydrogens is 438 g/mol. The van der Waals surface area contributed by atoms with Gasteiger partial charge in [0.1, 0.15) is 5.75 Å². The largest absolute Gasteiger partial charge is 0.503 e. The third kappa shape index (κ3) is 5.62. The van der Waals surface area contributed by atoms with E-state index in [-0.39, 0.29) is 11.4 Å². The Morgan fingerprint density at radius 3 is 2.67 bits per heavy atom. The molecular formula is C25H33N3O4S. The Labute approximate surface area is 199 Å². The van der Waals surface area contributed by atoms with Crippen LogP contribution < -0.4 is 4.74 Å². The summed E-state index contributed by atoms with van der Waals surface area (Å²) in [4.78, 5) is 35.1. The second-order valence-electron chi connectivity index (χ2n) is 8.57. The van der Waals surface area contributed by atoms with Crippen LogP contribution in [0, 0.1) is 13.8 Å². The molecule has 0 aliphatic carbocycles. The second-order valence-corrected chi connectivity index (χ2v) is 9.77. The zero-order valence-electron chi connectivity index (χ0n) is 20.1. The van der Waals surface area contributed by atoms with Crippen LogP contribution in [0.15, 0.2) is 35.6 Å². The quantitative estimate of drug-likeness (QED) is 0.385. The summed E-state index contributed by atoms with van der Waals surface area (Å²) in [6.45, 7) is 7.52. The Bertz CT molecular complexity index is 1040. The number of aliphatic hydroxyl groups is 1. The topological polar surface area (TPSA) is 83.0 Å².